The van der Waals surface area contributed by atoms with Gasteiger partial charge in [-0.3, -0.25) is 4.84 Å². The topological polar surface area (TPSA) is 53.7 Å². The van der Waals surface area contributed by atoms with Crippen molar-refractivity contribution in [3.63, 3.8) is 0 Å². The molecule has 0 amide bonds. The van der Waals surface area contributed by atoms with E-state index < -0.39 is 5.82 Å². The third-order valence-corrected chi connectivity index (χ3v) is 1.95. The van der Waals surface area contributed by atoms with Crippen LogP contribution in [0, 0.1) is 5.82 Å². The summed E-state index contributed by atoms with van der Waals surface area (Å²) in [4.78, 5) is 4.36. The number of benzene rings is 1. The van der Waals surface area contributed by atoms with E-state index in [0.717, 1.165) is 0 Å². The molecule has 5 heteroatoms. The number of halogens is 1. The largest absolute Gasteiger partial charge is 0.486 e. The van der Waals surface area contributed by atoms with Gasteiger partial charge in [-0.1, -0.05) is 0 Å². The molecule has 2 N–H and O–H groups in total. The van der Waals surface area contributed by atoms with Gasteiger partial charge in [-0.2, -0.15) is 0 Å². The van der Waals surface area contributed by atoms with Gasteiger partial charge >= 0.3 is 0 Å². The molecule has 1 aliphatic rings. The molecule has 0 radical (unpaired) electrons. The molecule has 0 bridgehead atoms. The molecule has 0 fully saturated rings. The van der Waals surface area contributed by atoms with Crippen molar-refractivity contribution < 1.29 is 18.7 Å². The van der Waals surface area contributed by atoms with E-state index in [0.29, 0.717) is 30.3 Å². The minimum Gasteiger partial charge on any atom is -0.486 e. The fraction of sp³-hybridized carbons (Fsp3) is 0.333. The van der Waals surface area contributed by atoms with Crippen molar-refractivity contribution in [2.24, 2.45) is 5.90 Å². The Hall–Kier alpha value is -1.33. The molecule has 14 heavy (non-hydrogen) atoms. The summed E-state index contributed by atoms with van der Waals surface area (Å²) >= 11 is 0. The number of fused-ring (bicyclic) bond motifs is 1. The smallest absolute Gasteiger partial charge is 0.164 e. The van der Waals surface area contributed by atoms with E-state index in [1.807, 2.05) is 0 Å². The van der Waals surface area contributed by atoms with Crippen LogP contribution >= 0.6 is 0 Å². The lowest BCUT2D eigenvalue weighted by Crippen LogP contribution is -2.16. The molecule has 0 saturated carbocycles. The number of rotatable bonds is 2. The van der Waals surface area contributed by atoms with Gasteiger partial charge in [0.25, 0.3) is 0 Å². The minimum absolute atomic E-state index is 0.0163. The van der Waals surface area contributed by atoms with Crippen LogP contribution < -0.4 is 15.4 Å². The molecule has 0 spiro atoms. The first kappa shape index (κ1) is 9.23. The Balaban J connectivity index is 2.35. The molecular weight excluding hydrogens is 189 g/mol. The third-order valence-electron chi connectivity index (χ3n) is 1.95. The minimum atomic E-state index is -0.403. The molecule has 0 aromatic heterocycles. The van der Waals surface area contributed by atoms with E-state index in [2.05, 4.69) is 4.84 Å². The fourth-order valence-electron chi connectivity index (χ4n) is 1.31. The first-order valence-corrected chi connectivity index (χ1v) is 4.21. The van der Waals surface area contributed by atoms with Gasteiger partial charge in [0, 0.05) is 11.6 Å². The van der Waals surface area contributed by atoms with E-state index >= 15 is 0 Å². The van der Waals surface area contributed by atoms with Crippen LogP contribution in [-0.4, -0.2) is 13.2 Å². The highest BCUT2D eigenvalue weighted by Crippen LogP contribution is 2.32. The highest BCUT2D eigenvalue weighted by molar-refractivity contribution is 5.44. The summed E-state index contributed by atoms with van der Waals surface area (Å²) in [5, 5.41) is 0. The molecule has 0 unspecified atom stereocenters. The lowest BCUT2D eigenvalue weighted by molar-refractivity contribution is 0.120. The Morgan fingerprint density at radius 2 is 1.93 bits per heavy atom. The van der Waals surface area contributed by atoms with E-state index in [9.17, 15) is 4.39 Å². The Morgan fingerprint density at radius 3 is 2.57 bits per heavy atom. The van der Waals surface area contributed by atoms with Gasteiger partial charge in [0.05, 0.1) is 6.61 Å². The summed E-state index contributed by atoms with van der Waals surface area (Å²) in [5.41, 5.74) is 0.358. The Morgan fingerprint density at radius 1 is 1.29 bits per heavy atom. The summed E-state index contributed by atoms with van der Waals surface area (Å²) in [5.74, 6) is 5.42. The number of ether oxygens (including phenoxy) is 2. The van der Waals surface area contributed by atoms with Gasteiger partial charge in [-0.15, -0.1) is 0 Å². The highest BCUT2D eigenvalue weighted by atomic mass is 19.1. The van der Waals surface area contributed by atoms with Gasteiger partial charge in [0.15, 0.2) is 11.5 Å². The first-order chi connectivity index (χ1) is 6.81. The SMILES string of the molecule is NOCc1cc2c(cc1F)OCCO2. The number of hydrogen-bond donors (Lipinski definition) is 1. The number of hydrogen-bond acceptors (Lipinski definition) is 4. The summed E-state index contributed by atoms with van der Waals surface area (Å²) in [7, 11) is 0. The van der Waals surface area contributed by atoms with E-state index in [-0.39, 0.29) is 6.61 Å². The number of nitrogens with two attached hydrogens (primary N) is 1. The molecule has 0 saturated heterocycles. The molecule has 0 aliphatic carbocycles. The van der Waals surface area contributed by atoms with E-state index in [1.165, 1.54) is 12.1 Å². The lowest BCUT2D eigenvalue weighted by atomic mass is 10.2. The molecule has 1 heterocycles. The van der Waals surface area contributed by atoms with Crippen LogP contribution in [0.25, 0.3) is 0 Å². The first-order valence-electron chi connectivity index (χ1n) is 4.21. The maximum absolute atomic E-state index is 13.3. The summed E-state index contributed by atoms with van der Waals surface area (Å²) in [6.45, 7) is 0.934. The Kier molecular flexibility index (Phi) is 2.51. The molecule has 1 aromatic rings. The average Bonchev–Trinajstić information content (AvgIpc) is 2.19. The molecule has 1 aliphatic heterocycles. The molecular formula is C9H10FNO3. The fourth-order valence-corrected chi connectivity index (χ4v) is 1.31. The molecule has 1 aromatic carbocycles. The predicted molar refractivity (Wildman–Crippen MR) is 46.4 cm³/mol. The van der Waals surface area contributed by atoms with E-state index in [4.69, 9.17) is 15.4 Å². The van der Waals surface area contributed by atoms with E-state index in [1.54, 1.807) is 0 Å². The predicted octanol–water partition coefficient (Wildman–Crippen LogP) is 0.987. The van der Waals surface area contributed by atoms with Crippen molar-refractivity contribution in [2.75, 3.05) is 13.2 Å². The zero-order valence-electron chi connectivity index (χ0n) is 7.46. The normalized spacial score (nSPS) is 14.1. The quantitative estimate of drug-likeness (QED) is 0.721. The molecule has 2 rings (SSSR count). The summed E-state index contributed by atoms with van der Waals surface area (Å²) < 4.78 is 23.8. The van der Waals surface area contributed by atoms with Crippen LogP contribution in [0.3, 0.4) is 0 Å². The summed E-state index contributed by atoms with van der Waals surface area (Å²) in [6, 6.07) is 2.82. The van der Waals surface area contributed by atoms with Gasteiger partial charge in [0.1, 0.15) is 19.0 Å². The van der Waals surface area contributed by atoms with Crippen LogP contribution in [0.15, 0.2) is 12.1 Å². The van der Waals surface area contributed by atoms with Crippen LogP contribution in [0.4, 0.5) is 4.39 Å². The van der Waals surface area contributed by atoms with Crippen LogP contribution in [-0.2, 0) is 11.4 Å². The molecule has 0 atom stereocenters. The Labute approximate surface area is 80.3 Å². The Bertz CT molecular complexity index is 343. The average molecular weight is 199 g/mol. The van der Waals surface area contributed by atoms with Gasteiger partial charge in [-0.25, -0.2) is 10.3 Å². The molecule has 4 nitrogen and oxygen atoms in total. The van der Waals surface area contributed by atoms with Crippen LogP contribution in [0.1, 0.15) is 5.56 Å². The highest BCUT2D eigenvalue weighted by Gasteiger charge is 2.15. The van der Waals surface area contributed by atoms with Crippen molar-refractivity contribution in [2.45, 2.75) is 6.61 Å². The van der Waals surface area contributed by atoms with Crippen molar-refractivity contribution in [3.8, 4) is 11.5 Å². The molecule has 76 valence electrons. The van der Waals surface area contributed by atoms with Crippen molar-refractivity contribution in [1.82, 2.24) is 0 Å². The van der Waals surface area contributed by atoms with Crippen LogP contribution in [0.2, 0.25) is 0 Å². The lowest BCUT2D eigenvalue weighted by Gasteiger charge is -2.19. The standard InChI is InChI=1S/C9H10FNO3/c10-7-4-9-8(12-1-2-13-9)3-6(7)5-14-11/h3-4H,1-2,5,11H2. The monoisotopic (exact) mass is 199 g/mol. The maximum Gasteiger partial charge on any atom is 0.164 e. The summed E-state index contributed by atoms with van der Waals surface area (Å²) in [6.07, 6.45) is 0. The zero-order chi connectivity index (χ0) is 9.97. The second-order valence-corrected chi connectivity index (χ2v) is 2.90. The maximum atomic E-state index is 13.3. The second kappa shape index (κ2) is 3.81. The van der Waals surface area contributed by atoms with Gasteiger partial charge in [0.2, 0.25) is 0 Å². The van der Waals surface area contributed by atoms with Crippen LogP contribution in [0.5, 0.6) is 11.5 Å². The zero-order valence-corrected chi connectivity index (χ0v) is 7.46. The van der Waals surface area contributed by atoms with Gasteiger partial charge < -0.3 is 9.47 Å². The van der Waals surface area contributed by atoms with Crippen molar-refractivity contribution in [1.29, 1.82) is 0 Å². The van der Waals surface area contributed by atoms with Crippen molar-refractivity contribution in [3.05, 3.63) is 23.5 Å². The van der Waals surface area contributed by atoms with Crippen molar-refractivity contribution >= 4 is 0 Å². The second-order valence-electron chi connectivity index (χ2n) is 2.90. The third kappa shape index (κ3) is 1.64. The van der Waals surface area contributed by atoms with Gasteiger partial charge in [-0.05, 0) is 6.07 Å².